The summed E-state index contributed by atoms with van der Waals surface area (Å²) >= 11 is 0. The van der Waals surface area contributed by atoms with Crippen LogP contribution in [0.15, 0.2) is 71.5 Å². The predicted molar refractivity (Wildman–Crippen MR) is 114 cm³/mol. The first-order valence-corrected chi connectivity index (χ1v) is 9.40. The molecule has 0 unspecified atom stereocenters. The van der Waals surface area contributed by atoms with Gasteiger partial charge in [0.2, 0.25) is 0 Å². The second-order valence-corrected chi connectivity index (χ2v) is 6.84. The van der Waals surface area contributed by atoms with Gasteiger partial charge in [-0.3, -0.25) is 9.36 Å². The third-order valence-electron chi connectivity index (χ3n) is 4.99. The summed E-state index contributed by atoms with van der Waals surface area (Å²) < 4.78 is 12.6. The quantitative estimate of drug-likeness (QED) is 0.513. The largest absolute Gasteiger partial charge is 0.493 e. The first-order chi connectivity index (χ1) is 14.1. The molecule has 29 heavy (non-hydrogen) atoms. The van der Waals surface area contributed by atoms with Crippen LogP contribution >= 0.6 is 0 Å². The molecule has 0 amide bonds. The van der Waals surface area contributed by atoms with E-state index in [2.05, 4.69) is 0 Å². The molecule has 0 aliphatic heterocycles. The van der Waals surface area contributed by atoms with Crippen molar-refractivity contribution in [3.05, 3.63) is 94.0 Å². The minimum Gasteiger partial charge on any atom is -0.493 e. The van der Waals surface area contributed by atoms with Crippen molar-refractivity contribution in [1.82, 2.24) is 9.55 Å². The smallest absolute Gasteiger partial charge is 0.265 e. The van der Waals surface area contributed by atoms with Crippen LogP contribution in [-0.4, -0.2) is 23.8 Å². The molecule has 0 fully saturated rings. The zero-order chi connectivity index (χ0) is 20.4. The highest BCUT2D eigenvalue weighted by molar-refractivity contribution is 5.78. The van der Waals surface area contributed by atoms with Crippen LogP contribution in [0.4, 0.5) is 0 Å². The fourth-order valence-corrected chi connectivity index (χ4v) is 3.53. The van der Waals surface area contributed by atoms with Gasteiger partial charge < -0.3 is 9.47 Å². The van der Waals surface area contributed by atoms with E-state index in [-0.39, 0.29) is 5.56 Å². The molecule has 5 heteroatoms. The average molecular weight is 386 g/mol. The molecule has 0 atom stereocenters. The fourth-order valence-electron chi connectivity index (χ4n) is 3.53. The van der Waals surface area contributed by atoms with E-state index in [1.807, 2.05) is 73.7 Å². The van der Waals surface area contributed by atoms with E-state index in [0.29, 0.717) is 34.6 Å². The summed E-state index contributed by atoms with van der Waals surface area (Å²) in [5.74, 6) is 1.87. The van der Waals surface area contributed by atoms with Crippen LogP contribution < -0.4 is 15.0 Å². The van der Waals surface area contributed by atoms with Gasteiger partial charge in [0.05, 0.1) is 30.8 Å². The van der Waals surface area contributed by atoms with Crippen LogP contribution in [0.1, 0.15) is 17.0 Å². The Morgan fingerprint density at radius 1 is 0.897 bits per heavy atom. The Kier molecular flexibility index (Phi) is 5.04. The molecule has 0 aliphatic carbocycles. The van der Waals surface area contributed by atoms with Crippen LogP contribution in [0.25, 0.3) is 16.6 Å². The average Bonchev–Trinajstić information content (AvgIpc) is 2.75. The van der Waals surface area contributed by atoms with E-state index in [1.165, 1.54) is 0 Å². The third-order valence-corrected chi connectivity index (χ3v) is 4.99. The summed E-state index contributed by atoms with van der Waals surface area (Å²) in [6.45, 7) is 1.95. The van der Waals surface area contributed by atoms with Crippen molar-refractivity contribution in [3.63, 3.8) is 0 Å². The lowest BCUT2D eigenvalue weighted by atomic mass is 10.1. The normalized spacial score (nSPS) is 10.9. The third kappa shape index (κ3) is 3.47. The molecule has 0 saturated heterocycles. The summed E-state index contributed by atoms with van der Waals surface area (Å²) in [5.41, 5.74) is 3.31. The second kappa shape index (κ2) is 7.80. The van der Waals surface area contributed by atoms with Gasteiger partial charge in [-0.1, -0.05) is 42.5 Å². The standard InChI is InChI=1S/C24H22N2O3/c1-16-13-21(28-2)22(29-3)15-20(16)26-23(14-17-9-5-4-6-10-17)25-19-12-8-7-11-18(19)24(26)27/h4-13,15H,14H2,1-3H3. The molecule has 5 nitrogen and oxygen atoms in total. The van der Waals surface area contributed by atoms with Gasteiger partial charge in [-0.25, -0.2) is 4.98 Å². The number of aromatic nitrogens is 2. The van der Waals surface area contributed by atoms with Gasteiger partial charge in [0.1, 0.15) is 5.82 Å². The molecule has 1 aromatic heterocycles. The van der Waals surface area contributed by atoms with Gasteiger partial charge in [0.25, 0.3) is 5.56 Å². The first-order valence-electron chi connectivity index (χ1n) is 9.40. The molecular weight excluding hydrogens is 364 g/mol. The van der Waals surface area contributed by atoms with Crippen LogP contribution in [0.2, 0.25) is 0 Å². The number of nitrogens with zero attached hydrogens (tertiary/aromatic N) is 2. The molecule has 0 bridgehead atoms. The van der Waals surface area contributed by atoms with Crippen LogP contribution in [0, 0.1) is 6.92 Å². The van der Waals surface area contributed by atoms with Gasteiger partial charge in [0.15, 0.2) is 11.5 Å². The maximum Gasteiger partial charge on any atom is 0.265 e. The van der Waals surface area contributed by atoms with Crippen LogP contribution in [0.5, 0.6) is 11.5 Å². The Bertz CT molecular complexity index is 1230. The molecule has 0 spiro atoms. The summed E-state index contributed by atoms with van der Waals surface area (Å²) in [7, 11) is 3.19. The topological polar surface area (TPSA) is 53.4 Å². The molecule has 1 heterocycles. The highest BCUT2D eigenvalue weighted by atomic mass is 16.5. The first kappa shape index (κ1) is 18.7. The number of benzene rings is 3. The number of methoxy groups -OCH3 is 2. The highest BCUT2D eigenvalue weighted by Gasteiger charge is 2.17. The Labute approximate surface area is 169 Å². The minimum atomic E-state index is -0.100. The van der Waals surface area contributed by atoms with Gasteiger partial charge >= 0.3 is 0 Å². The molecule has 0 N–H and O–H groups in total. The molecular formula is C24H22N2O3. The Hall–Kier alpha value is -3.60. The van der Waals surface area contributed by atoms with Crippen molar-refractivity contribution in [2.75, 3.05) is 14.2 Å². The SMILES string of the molecule is COc1cc(C)c(-n2c(Cc3ccccc3)nc3ccccc3c2=O)cc1OC. The lowest BCUT2D eigenvalue weighted by Gasteiger charge is -2.18. The van der Waals surface area contributed by atoms with Crippen molar-refractivity contribution >= 4 is 10.9 Å². The molecule has 3 aromatic carbocycles. The molecule has 4 aromatic rings. The monoisotopic (exact) mass is 386 g/mol. The molecule has 4 rings (SSSR count). The number of para-hydroxylation sites is 1. The Morgan fingerprint density at radius 3 is 2.28 bits per heavy atom. The van der Waals surface area contributed by atoms with E-state index in [4.69, 9.17) is 14.5 Å². The molecule has 0 saturated carbocycles. The predicted octanol–water partition coefficient (Wildman–Crippen LogP) is 4.30. The molecule has 0 radical (unpaired) electrons. The second-order valence-electron chi connectivity index (χ2n) is 6.84. The van der Waals surface area contributed by atoms with Crippen molar-refractivity contribution in [3.8, 4) is 17.2 Å². The number of rotatable bonds is 5. The summed E-state index contributed by atoms with van der Waals surface area (Å²) in [6, 6.07) is 21.2. The maximum atomic E-state index is 13.5. The van der Waals surface area contributed by atoms with E-state index in [0.717, 1.165) is 16.8 Å². The van der Waals surface area contributed by atoms with Crippen molar-refractivity contribution in [2.24, 2.45) is 0 Å². The van der Waals surface area contributed by atoms with Crippen molar-refractivity contribution in [2.45, 2.75) is 13.3 Å². The summed E-state index contributed by atoms with van der Waals surface area (Å²) in [5, 5.41) is 0.582. The van der Waals surface area contributed by atoms with Gasteiger partial charge in [0, 0.05) is 12.5 Å². The van der Waals surface area contributed by atoms with Crippen molar-refractivity contribution < 1.29 is 9.47 Å². The zero-order valence-electron chi connectivity index (χ0n) is 16.7. The van der Waals surface area contributed by atoms with E-state index >= 15 is 0 Å². The Balaban J connectivity index is 2.01. The van der Waals surface area contributed by atoms with Gasteiger partial charge in [-0.05, 0) is 36.2 Å². The van der Waals surface area contributed by atoms with Crippen LogP contribution in [0.3, 0.4) is 0 Å². The summed E-state index contributed by atoms with van der Waals surface area (Å²) in [4.78, 5) is 18.3. The lowest BCUT2D eigenvalue weighted by Crippen LogP contribution is -2.25. The number of hydrogen-bond acceptors (Lipinski definition) is 4. The number of fused-ring (bicyclic) bond motifs is 1. The van der Waals surface area contributed by atoms with E-state index in [9.17, 15) is 4.79 Å². The number of ether oxygens (including phenoxy) is 2. The maximum absolute atomic E-state index is 13.5. The van der Waals surface area contributed by atoms with E-state index < -0.39 is 0 Å². The minimum absolute atomic E-state index is 0.100. The van der Waals surface area contributed by atoms with Gasteiger partial charge in [-0.2, -0.15) is 0 Å². The molecule has 0 aliphatic rings. The van der Waals surface area contributed by atoms with Crippen molar-refractivity contribution in [1.29, 1.82) is 0 Å². The van der Waals surface area contributed by atoms with Gasteiger partial charge in [-0.15, -0.1) is 0 Å². The molecule has 146 valence electrons. The number of aryl methyl sites for hydroxylation is 1. The Morgan fingerprint density at radius 2 is 1.55 bits per heavy atom. The number of hydrogen-bond donors (Lipinski definition) is 0. The highest BCUT2D eigenvalue weighted by Crippen LogP contribution is 2.32. The fraction of sp³-hybridized carbons (Fsp3) is 0.167. The van der Waals surface area contributed by atoms with E-state index in [1.54, 1.807) is 18.8 Å². The lowest BCUT2D eigenvalue weighted by molar-refractivity contribution is 0.354. The summed E-state index contributed by atoms with van der Waals surface area (Å²) in [6.07, 6.45) is 0.536. The van der Waals surface area contributed by atoms with Crippen LogP contribution in [-0.2, 0) is 6.42 Å². The zero-order valence-corrected chi connectivity index (χ0v) is 16.7.